The average Bonchev–Trinajstić information content (AvgIpc) is 2.62. The zero-order valence-electron chi connectivity index (χ0n) is 8.75. The first kappa shape index (κ1) is 11.8. The van der Waals surface area contributed by atoms with Crippen LogP contribution in [0.25, 0.3) is 0 Å². The molecule has 0 unspecified atom stereocenters. The fraction of sp³-hybridized carbons (Fsp3) is 0.300. The van der Waals surface area contributed by atoms with Crippen molar-refractivity contribution in [3.63, 3.8) is 0 Å². The van der Waals surface area contributed by atoms with Gasteiger partial charge >= 0.3 is 5.97 Å². The lowest BCUT2D eigenvalue weighted by Gasteiger charge is -2.16. The minimum atomic E-state index is -1.11. The van der Waals surface area contributed by atoms with E-state index in [0.29, 0.717) is 0 Å². The lowest BCUT2D eigenvalue weighted by Crippen LogP contribution is -2.36. The first-order valence-corrected chi connectivity index (χ1v) is 4.48. The van der Waals surface area contributed by atoms with Crippen LogP contribution < -0.4 is 0 Å². The third-order valence-corrected chi connectivity index (χ3v) is 1.83. The molecule has 0 radical (unpaired) electrons. The molecule has 0 spiro atoms. The van der Waals surface area contributed by atoms with Crippen molar-refractivity contribution in [3.8, 4) is 12.3 Å². The molecule has 6 nitrogen and oxygen atoms in total. The average molecular weight is 221 g/mol. The maximum Gasteiger partial charge on any atom is 0.323 e. The smallest absolute Gasteiger partial charge is 0.323 e. The lowest BCUT2D eigenvalue weighted by atomic mass is 10.3. The molecule has 1 aromatic heterocycles. The van der Waals surface area contributed by atoms with Gasteiger partial charge in [-0.2, -0.15) is 5.10 Å². The Morgan fingerprint density at radius 2 is 2.38 bits per heavy atom. The number of carboxylic acids is 1. The zero-order valence-corrected chi connectivity index (χ0v) is 8.75. The molecule has 1 amide bonds. The van der Waals surface area contributed by atoms with Crippen LogP contribution in [-0.2, 0) is 11.8 Å². The van der Waals surface area contributed by atoms with Crippen molar-refractivity contribution in [1.29, 1.82) is 0 Å². The van der Waals surface area contributed by atoms with E-state index < -0.39 is 18.4 Å². The highest BCUT2D eigenvalue weighted by atomic mass is 16.4. The Hall–Kier alpha value is -2.29. The Morgan fingerprint density at radius 3 is 2.81 bits per heavy atom. The van der Waals surface area contributed by atoms with Gasteiger partial charge in [0, 0.05) is 13.2 Å². The number of hydrogen-bond donors (Lipinski definition) is 1. The molecule has 0 aliphatic carbocycles. The highest BCUT2D eigenvalue weighted by molar-refractivity contribution is 5.94. The van der Waals surface area contributed by atoms with Crippen LogP contribution in [0, 0.1) is 12.3 Å². The second kappa shape index (κ2) is 4.98. The summed E-state index contributed by atoms with van der Waals surface area (Å²) in [5.41, 5.74) is 0.180. The molecule has 0 aliphatic heterocycles. The van der Waals surface area contributed by atoms with Gasteiger partial charge in [-0.05, 0) is 6.07 Å². The monoisotopic (exact) mass is 221 g/mol. The van der Waals surface area contributed by atoms with Crippen molar-refractivity contribution < 1.29 is 14.7 Å². The van der Waals surface area contributed by atoms with E-state index in [1.165, 1.54) is 10.7 Å². The number of aryl methyl sites for hydroxylation is 1. The molecule has 1 N–H and O–H groups in total. The van der Waals surface area contributed by atoms with Crippen molar-refractivity contribution in [2.75, 3.05) is 13.1 Å². The Labute approximate surface area is 92.5 Å². The Bertz CT molecular complexity index is 444. The molecule has 1 aromatic rings. The third kappa shape index (κ3) is 2.85. The standard InChI is InChI=1S/C10H11N3O3/c1-3-5-13(7-9(14)15)10(16)8-4-6-12(2)11-8/h1,4,6H,5,7H2,2H3,(H,14,15). The molecule has 0 atom stereocenters. The van der Waals surface area contributed by atoms with E-state index in [1.807, 2.05) is 0 Å². The zero-order chi connectivity index (χ0) is 12.1. The fourth-order valence-electron chi connectivity index (χ4n) is 1.16. The van der Waals surface area contributed by atoms with Gasteiger partial charge in [0.15, 0.2) is 0 Å². The molecule has 0 aromatic carbocycles. The van der Waals surface area contributed by atoms with Gasteiger partial charge in [0.1, 0.15) is 12.2 Å². The first-order chi connectivity index (χ1) is 7.54. The number of carbonyl (C=O) groups is 2. The predicted molar refractivity (Wildman–Crippen MR) is 55.6 cm³/mol. The maximum atomic E-state index is 11.8. The number of carbonyl (C=O) groups excluding carboxylic acids is 1. The predicted octanol–water partition coefficient (Wildman–Crippen LogP) is -0.420. The number of aliphatic carboxylic acids is 1. The van der Waals surface area contributed by atoms with Gasteiger partial charge in [0.2, 0.25) is 0 Å². The van der Waals surface area contributed by atoms with Crippen LogP contribution in [0.15, 0.2) is 12.3 Å². The van der Waals surface area contributed by atoms with Crippen LogP contribution in [0.3, 0.4) is 0 Å². The largest absolute Gasteiger partial charge is 0.480 e. The van der Waals surface area contributed by atoms with Gasteiger partial charge in [0.25, 0.3) is 5.91 Å². The number of terminal acetylenes is 1. The SMILES string of the molecule is C#CCN(CC(=O)O)C(=O)c1ccn(C)n1. The van der Waals surface area contributed by atoms with Gasteiger partial charge in [-0.3, -0.25) is 14.3 Å². The Morgan fingerprint density at radius 1 is 1.69 bits per heavy atom. The van der Waals surface area contributed by atoms with Crippen LogP contribution in [0.2, 0.25) is 0 Å². The number of amides is 1. The highest BCUT2D eigenvalue weighted by Gasteiger charge is 2.19. The summed E-state index contributed by atoms with van der Waals surface area (Å²) in [6, 6.07) is 1.51. The molecule has 1 heterocycles. The molecule has 0 saturated heterocycles. The van der Waals surface area contributed by atoms with Crippen LogP contribution in [-0.4, -0.2) is 44.8 Å². The third-order valence-electron chi connectivity index (χ3n) is 1.83. The first-order valence-electron chi connectivity index (χ1n) is 4.48. The van der Waals surface area contributed by atoms with E-state index in [4.69, 9.17) is 11.5 Å². The summed E-state index contributed by atoms with van der Waals surface area (Å²) in [5.74, 6) is 0.641. The minimum absolute atomic E-state index is 0.0539. The van der Waals surface area contributed by atoms with Crippen molar-refractivity contribution in [2.45, 2.75) is 0 Å². The number of aromatic nitrogens is 2. The maximum absolute atomic E-state index is 11.8. The summed E-state index contributed by atoms with van der Waals surface area (Å²) in [4.78, 5) is 23.4. The molecule has 84 valence electrons. The Balaban J connectivity index is 2.83. The van der Waals surface area contributed by atoms with Crippen molar-refractivity contribution in [2.24, 2.45) is 7.05 Å². The molecular formula is C10H11N3O3. The van der Waals surface area contributed by atoms with E-state index >= 15 is 0 Å². The highest BCUT2D eigenvalue weighted by Crippen LogP contribution is 2.01. The fourth-order valence-corrected chi connectivity index (χ4v) is 1.16. The van der Waals surface area contributed by atoms with Crippen LogP contribution in [0.4, 0.5) is 0 Å². The number of carboxylic acid groups (broad SMARTS) is 1. The molecule has 0 fully saturated rings. The molecule has 0 bridgehead atoms. The molecule has 0 saturated carbocycles. The summed E-state index contributed by atoms with van der Waals surface area (Å²) in [6.45, 7) is -0.485. The number of nitrogens with zero attached hydrogens (tertiary/aromatic N) is 3. The van der Waals surface area contributed by atoms with Crippen molar-refractivity contribution >= 4 is 11.9 Å². The van der Waals surface area contributed by atoms with E-state index in [1.54, 1.807) is 13.2 Å². The Kier molecular flexibility index (Phi) is 3.67. The molecule has 0 aliphatic rings. The summed E-state index contributed by atoms with van der Waals surface area (Å²) in [7, 11) is 1.67. The second-order valence-corrected chi connectivity index (χ2v) is 3.13. The van der Waals surface area contributed by atoms with E-state index in [0.717, 1.165) is 4.90 Å². The summed E-state index contributed by atoms with van der Waals surface area (Å²) in [5, 5.41) is 12.5. The van der Waals surface area contributed by atoms with Crippen molar-refractivity contribution in [3.05, 3.63) is 18.0 Å². The van der Waals surface area contributed by atoms with Crippen molar-refractivity contribution in [1.82, 2.24) is 14.7 Å². The second-order valence-electron chi connectivity index (χ2n) is 3.13. The summed E-state index contributed by atoms with van der Waals surface area (Å²) in [6.07, 6.45) is 6.66. The van der Waals surface area contributed by atoms with Crippen LogP contribution >= 0.6 is 0 Å². The van der Waals surface area contributed by atoms with Gasteiger partial charge in [-0.25, -0.2) is 0 Å². The topological polar surface area (TPSA) is 75.4 Å². The van der Waals surface area contributed by atoms with Gasteiger partial charge in [-0.15, -0.1) is 6.42 Å². The van der Waals surface area contributed by atoms with E-state index in [2.05, 4.69) is 11.0 Å². The summed E-state index contributed by atoms with van der Waals surface area (Å²) >= 11 is 0. The van der Waals surface area contributed by atoms with Crippen LogP contribution in [0.5, 0.6) is 0 Å². The number of hydrogen-bond acceptors (Lipinski definition) is 3. The summed E-state index contributed by atoms with van der Waals surface area (Å²) < 4.78 is 1.46. The minimum Gasteiger partial charge on any atom is -0.480 e. The van der Waals surface area contributed by atoms with E-state index in [9.17, 15) is 9.59 Å². The van der Waals surface area contributed by atoms with E-state index in [-0.39, 0.29) is 12.2 Å². The molecule has 16 heavy (non-hydrogen) atoms. The van der Waals surface area contributed by atoms with Gasteiger partial charge < -0.3 is 10.0 Å². The quantitative estimate of drug-likeness (QED) is 0.701. The van der Waals surface area contributed by atoms with Crippen LogP contribution in [0.1, 0.15) is 10.5 Å². The van der Waals surface area contributed by atoms with Gasteiger partial charge in [-0.1, -0.05) is 5.92 Å². The number of rotatable bonds is 4. The lowest BCUT2D eigenvalue weighted by molar-refractivity contribution is -0.137. The molecular weight excluding hydrogens is 210 g/mol. The normalized spacial score (nSPS) is 9.50. The van der Waals surface area contributed by atoms with Gasteiger partial charge in [0.05, 0.1) is 6.54 Å². The molecule has 1 rings (SSSR count). The molecule has 6 heteroatoms.